The maximum atomic E-state index is 13.6. The highest BCUT2D eigenvalue weighted by molar-refractivity contribution is 5.45. The van der Waals surface area contributed by atoms with Gasteiger partial charge in [0.25, 0.3) is 5.92 Å². The fraction of sp³-hybridized carbons (Fsp3) is 0.235. The third-order valence-electron chi connectivity index (χ3n) is 3.24. The van der Waals surface area contributed by atoms with E-state index in [2.05, 4.69) is 0 Å². The molecule has 0 aliphatic rings. The van der Waals surface area contributed by atoms with Crippen molar-refractivity contribution in [1.29, 1.82) is 5.26 Å². The van der Waals surface area contributed by atoms with Gasteiger partial charge in [0.05, 0.1) is 11.6 Å². The molecule has 22 heavy (non-hydrogen) atoms. The summed E-state index contributed by atoms with van der Waals surface area (Å²) in [6, 6.07) is 12.3. The Morgan fingerprint density at radius 1 is 1.23 bits per heavy atom. The number of aromatic hydroxyl groups is 1. The minimum absolute atomic E-state index is 0.0788. The maximum Gasteiger partial charge on any atom is 0.271 e. The highest BCUT2D eigenvalue weighted by Crippen LogP contribution is 2.33. The number of ether oxygens (including phenoxy) is 1. The number of benzene rings is 2. The van der Waals surface area contributed by atoms with Gasteiger partial charge in [-0.25, -0.2) is 8.78 Å². The molecule has 2 aromatic rings. The first-order valence-electron chi connectivity index (χ1n) is 6.69. The molecule has 0 bridgehead atoms. The molecule has 0 heterocycles. The van der Waals surface area contributed by atoms with E-state index in [1.165, 1.54) is 24.3 Å². The quantitative estimate of drug-likeness (QED) is 0.903. The van der Waals surface area contributed by atoms with Crippen molar-refractivity contribution < 1.29 is 18.6 Å². The van der Waals surface area contributed by atoms with E-state index >= 15 is 0 Å². The van der Waals surface area contributed by atoms with E-state index in [1.807, 2.05) is 0 Å². The van der Waals surface area contributed by atoms with E-state index < -0.39 is 12.0 Å². The Morgan fingerprint density at radius 2 is 1.95 bits per heavy atom. The molecule has 2 aromatic carbocycles. The second-order valence-electron chi connectivity index (χ2n) is 5.06. The standard InChI is InChI=1S/C17H15F2NO2/c1-11(12-4-3-5-14(21)8-12)22-15-7-6-13(10-20)16(9-15)17(2,18)19/h3-9,11,21H,1-2H3. The largest absolute Gasteiger partial charge is 0.508 e. The fourth-order valence-electron chi connectivity index (χ4n) is 2.11. The molecule has 0 aliphatic carbocycles. The molecule has 0 amide bonds. The van der Waals surface area contributed by atoms with Gasteiger partial charge in [-0.2, -0.15) is 5.26 Å². The molecule has 114 valence electrons. The molecule has 0 radical (unpaired) electrons. The molecule has 0 spiro atoms. The van der Waals surface area contributed by atoms with Crippen LogP contribution in [-0.4, -0.2) is 5.11 Å². The number of hydrogen-bond donors (Lipinski definition) is 1. The normalized spacial score (nSPS) is 12.5. The summed E-state index contributed by atoms with van der Waals surface area (Å²) in [6.07, 6.45) is -0.432. The number of rotatable bonds is 4. The number of phenols is 1. The van der Waals surface area contributed by atoms with Crippen molar-refractivity contribution >= 4 is 0 Å². The first-order valence-corrected chi connectivity index (χ1v) is 6.69. The summed E-state index contributed by atoms with van der Waals surface area (Å²) in [6.45, 7) is 2.49. The van der Waals surface area contributed by atoms with Crippen molar-refractivity contribution in [3.8, 4) is 17.6 Å². The van der Waals surface area contributed by atoms with Gasteiger partial charge in [0.2, 0.25) is 0 Å². The van der Waals surface area contributed by atoms with E-state index in [4.69, 9.17) is 10.00 Å². The Kier molecular flexibility index (Phi) is 4.32. The summed E-state index contributed by atoms with van der Waals surface area (Å²) in [5.74, 6) is -2.78. The topological polar surface area (TPSA) is 53.2 Å². The summed E-state index contributed by atoms with van der Waals surface area (Å²) in [5, 5.41) is 18.4. The molecule has 1 N–H and O–H groups in total. The van der Waals surface area contributed by atoms with E-state index in [0.29, 0.717) is 5.56 Å². The lowest BCUT2D eigenvalue weighted by molar-refractivity contribution is 0.0168. The highest BCUT2D eigenvalue weighted by atomic mass is 19.3. The molecule has 0 saturated carbocycles. The number of halogens is 2. The number of nitriles is 1. The van der Waals surface area contributed by atoms with Crippen molar-refractivity contribution in [2.75, 3.05) is 0 Å². The molecule has 0 aromatic heterocycles. The van der Waals surface area contributed by atoms with Crippen LogP contribution in [0.2, 0.25) is 0 Å². The van der Waals surface area contributed by atoms with Crippen molar-refractivity contribution in [2.45, 2.75) is 25.9 Å². The monoisotopic (exact) mass is 303 g/mol. The molecular weight excluding hydrogens is 288 g/mol. The molecule has 1 atom stereocenters. The lowest BCUT2D eigenvalue weighted by Crippen LogP contribution is -2.11. The molecule has 1 unspecified atom stereocenters. The second kappa shape index (κ2) is 6.02. The number of phenolic OH excluding ortho intramolecular Hbond substituents is 1. The summed E-state index contributed by atoms with van der Waals surface area (Å²) in [4.78, 5) is 0. The smallest absolute Gasteiger partial charge is 0.271 e. The average Bonchev–Trinajstić information content (AvgIpc) is 2.46. The first-order chi connectivity index (χ1) is 10.3. The van der Waals surface area contributed by atoms with Crippen molar-refractivity contribution in [3.05, 3.63) is 59.2 Å². The van der Waals surface area contributed by atoms with Crippen LogP contribution in [0.15, 0.2) is 42.5 Å². The first kappa shape index (κ1) is 15.8. The van der Waals surface area contributed by atoms with E-state index in [9.17, 15) is 13.9 Å². The van der Waals surface area contributed by atoms with Gasteiger partial charge in [0.15, 0.2) is 0 Å². The minimum atomic E-state index is -3.13. The average molecular weight is 303 g/mol. The summed E-state index contributed by atoms with van der Waals surface area (Å²) < 4.78 is 32.7. The van der Waals surface area contributed by atoms with Gasteiger partial charge >= 0.3 is 0 Å². The zero-order valence-corrected chi connectivity index (χ0v) is 12.2. The van der Waals surface area contributed by atoms with Crippen LogP contribution in [0.5, 0.6) is 11.5 Å². The predicted octanol–water partition coefficient (Wildman–Crippen LogP) is 4.52. The summed E-state index contributed by atoms with van der Waals surface area (Å²) >= 11 is 0. The third-order valence-corrected chi connectivity index (χ3v) is 3.24. The second-order valence-corrected chi connectivity index (χ2v) is 5.06. The van der Waals surface area contributed by atoms with E-state index in [1.54, 1.807) is 31.2 Å². The van der Waals surface area contributed by atoms with Crippen LogP contribution >= 0.6 is 0 Å². The van der Waals surface area contributed by atoms with Crippen LogP contribution in [0, 0.1) is 11.3 Å². The minimum Gasteiger partial charge on any atom is -0.508 e. The molecule has 0 aliphatic heterocycles. The number of nitrogens with zero attached hydrogens (tertiary/aromatic N) is 1. The summed E-state index contributed by atoms with van der Waals surface area (Å²) in [7, 11) is 0. The molecule has 0 fully saturated rings. The summed E-state index contributed by atoms with van der Waals surface area (Å²) in [5.41, 5.74) is 0.273. The predicted molar refractivity (Wildman–Crippen MR) is 77.9 cm³/mol. The van der Waals surface area contributed by atoms with Crippen molar-refractivity contribution in [1.82, 2.24) is 0 Å². The van der Waals surface area contributed by atoms with Gasteiger partial charge in [-0.15, -0.1) is 0 Å². The Labute approximate surface area is 127 Å². The Morgan fingerprint density at radius 3 is 2.55 bits per heavy atom. The van der Waals surface area contributed by atoms with Crippen LogP contribution in [0.25, 0.3) is 0 Å². The highest BCUT2D eigenvalue weighted by Gasteiger charge is 2.28. The lowest BCUT2D eigenvalue weighted by Gasteiger charge is -2.18. The Hall–Kier alpha value is -2.61. The van der Waals surface area contributed by atoms with Gasteiger partial charge in [-0.05, 0) is 42.8 Å². The van der Waals surface area contributed by atoms with Crippen LogP contribution in [0.4, 0.5) is 8.78 Å². The molecule has 5 heteroatoms. The Balaban J connectivity index is 2.29. The lowest BCUT2D eigenvalue weighted by atomic mass is 10.0. The molecule has 2 rings (SSSR count). The van der Waals surface area contributed by atoms with Gasteiger partial charge in [0, 0.05) is 12.5 Å². The van der Waals surface area contributed by atoms with Crippen LogP contribution in [0.1, 0.15) is 36.6 Å². The van der Waals surface area contributed by atoms with Gasteiger partial charge < -0.3 is 9.84 Å². The van der Waals surface area contributed by atoms with Crippen molar-refractivity contribution in [2.24, 2.45) is 0 Å². The van der Waals surface area contributed by atoms with Crippen molar-refractivity contribution in [3.63, 3.8) is 0 Å². The fourth-order valence-corrected chi connectivity index (χ4v) is 2.11. The number of hydrogen-bond acceptors (Lipinski definition) is 3. The van der Waals surface area contributed by atoms with E-state index in [0.717, 1.165) is 6.92 Å². The molecule has 0 saturated heterocycles. The number of alkyl halides is 2. The van der Waals surface area contributed by atoms with Crippen LogP contribution in [-0.2, 0) is 5.92 Å². The van der Waals surface area contributed by atoms with Gasteiger partial charge in [-0.1, -0.05) is 12.1 Å². The molecule has 3 nitrogen and oxygen atoms in total. The van der Waals surface area contributed by atoms with Gasteiger partial charge in [0.1, 0.15) is 17.6 Å². The van der Waals surface area contributed by atoms with E-state index in [-0.39, 0.29) is 22.6 Å². The zero-order chi connectivity index (χ0) is 16.3. The van der Waals surface area contributed by atoms with Crippen LogP contribution in [0.3, 0.4) is 0 Å². The zero-order valence-electron chi connectivity index (χ0n) is 12.2. The third kappa shape index (κ3) is 3.53. The maximum absolute atomic E-state index is 13.6. The van der Waals surface area contributed by atoms with Gasteiger partial charge in [-0.3, -0.25) is 0 Å². The van der Waals surface area contributed by atoms with Crippen LogP contribution < -0.4 is 4.74 Å². The molecular formula is C17H15F2NO2. The SMILES string of the molecule is CC(Oc1ccc(C#N)c(C(C)(F)F)c1)c1cccc(O)c1. The Bertz CT molecular complexity index is 717.